The van der Waals surface area contributed by atoms with Crippen LogP contribution in [0, 0.1) is 5.41 Å². The van der Waals surface area contributed by atoms with E-state index in [2.05, 4.69) is 14.9 Å². The van der Waals surface area contributed by atoms with Gasteiger partial charge in [-0.05, 0) is 63.0 Å². The predicted octanol–water partition coefficient (Wildman–Crippen LogP) is 3.05. The van der Waals surface area contributed by atoms with Gasteiger partial charge in [0, 0.05) is 85.7 Å². The number of amides is 1. The van der Waals surface area contributed by atoms with E-state index < -0.39 is 37.5 Å². The number of aliphatic carboxylic acids is 1. The van der Waals surface area contributed by atoms with Crippen LogP contribution in [0.25, 0.3) is 0 Å². The van der Waals surface area contributed by atoms with E-state index in [-0.39, 0.29) is 36.2 Å². The lowest BCUT2D eigenvalue weighted by molar-refractivity contribution is -0.150. The summed E-state index contributed by atoms with van der Waals surface area (Å²) < 4.78 is 62.3. The first-order chi connectivity index (χ1) is 25.6. The fourth-order valence-electron chi connectivity index (χ4n) is 7.52. The highest BCUT2D eigenvalue weighted by atomic mass is 32.2. The van der Waals surface area contributed by atoms with Crippen molar-refractivity contribution in [2.24, 2.45) is 5.41 Å². The number of rotatable bonds is 14. The minimum atomic E-state index is -3.88. The van der Waals surface area contributed by atoms with Gasteiger partial charge in [-0.2, -0.15) is 25.4 Å². The van der Waals surface area contributed by atoms with Gasteiger partial charge in [-0.25, -0.2) is 22.7 Å². The molecule has 2 aliphatic heterocycles. The summed E-state index contributed by atoms with van der Waals surface area (Å²) in [7, 11) is -2.04. The molecule has 1 amide bonds. The third-order valence-corrected chi connectivity index (χ3v) is 14.1. The number of imidazole rings is 2. The molecule has 0 unspecified atom stereocenters. The second-order valence-corrected chi connectivity index (χ2v) is 20.0. The van der Waals surface area contributed by atoms with E-state index in [1.165, 1.54) is 53.0 Å². The molecule has 1 aromatic carbocycles. The van der Waals surface area contributed by atoms with E-state index >= 15 is 0 Å². The van der Waals surface area contributed by atoms with Gasteiger partial charge < -0.3 is 14.7 Å². The summed E-state index contributed by atoms with van der Waals surface area (Å²) >= 11 is 0. The van der Waals surface area contributed by atoms with Crippen LogP contribution in [0.15, 0.2) is 49.1 Å². The van der Waals surface area contributed by atoms with Gasteiger partial charge in [0.25, 0.3) is 0 Å². The van der Waals surface area contributed by atoms with E-state index in [0.29, 0.717) is 58.4 Å². The number of piperidine rings is 1. The molecule has 304 valence electrons. The summed E-state index contributed by atoms with van der Waals surface area (Å²) in [5.41, 5.74) is -0.101. The molecule has 2 saturated heterocycles. The second kappa shape index (κ2) is 15.9. The molecule has 0 bridgehead atoms. The molecule has 1 atom stereocenters. The van der Waals surface area contributed by atoms with Crippen LogP contribution >= 0.6 is 0 Å². The molecule has 4 heterocycles. The molecular weight excluding hydrogens is 751 g/mol. The van der Waals surface area contributed by atoms with Crippen molar-refractivity contribution < 1.29 is 36.3 Å². The number of benzene rings is 1. The molecular formula is C36H55N9O8S2. The van der Waals surface area contributed by atoms with Crippen LogP contribution in [0.1, 0.15) is 76.2 Å². The molecule has 2 aromatic heterocycles. The Bertz CT molecular complexity index is 1970. The standard InChI is InChI=1S/C36H55N9O8S2/c1-9-36(32(46)47)26-35(14-18-42(19-15-35)33(48)53-34(2,3)4)27-43(36)23-29-12-10-28(11-13-29)22-41(24-30-37-16-20-44(30)54(49,50)39(5)6)25-31-38-17-21-45(31)55(51,52)40(7)8/h10-13,16-17,20-21H,9,14-15,18-19,22-27H2,1-8H3,(H,46,47)/t36-/m1/s1. The molecule has 2 fully saturated rings. The van der Waals surface area contributed by atoms with E-state index in [0.717, 1.165) is 27.7 Å². The summed E-state index contributed by atoms with van der Waals surface area (Å²) in [5, 5.41) is 10.6. The van der Waals surface area contributed by atoms with Gasteiger partial charge in [0.15, 0.2) is 0 Å². The van der Waals surface area contributed by atoms with Crippen LogP contribution in [0.3, 0.4) is 0 Å². The molecule has 5 rings (SSSR count). The minimum absolute atomic E-state index is 0.0511. The maximum Gasteiger partial charge on any atom is 0.410 e. The normalized spacial score (nSPS) is 19.6. The zero-order valence-electron chi connectivity index (χ0n) is 33.0. The van der Waals surface area contributed by atoms with Gasteiger partial charge >= 0.3 is 32.5 Å². The van der Waals surface area contributed by atoms with E-state index in [4.69, 9.17) is 4.74 Å². The molecule has 17 nitrogen and oxygen atoms in total. The first kappa shape index (κ1) is 42.3. The Morgan fingerprint density at radius 3 is 1.76 bits per heavy atom. The lowest BCUT2D eigenvalue weighted by Crippen LogP contribution is -2.49. The molecule has 1 spiro atoms. The average molecular weight is 806 g/mol. The minimum Gasteiger partial charge on any atom is -0.480 e. The quantitative estimate of drug-likeness (QED) is 0.252. The molecule has 1 N–H and O–H groups in total. The van der Waals surface area contributed by atoms with Gasteiger partial charge in [-0.3, -0.25) is 14.6 Å². The van der Waals surface area contributed by atoms with Gasteiger partial charge in [0.1, 0.15) is 22.8 Å². The summed E-state index contributed by atoms with van der Waals surface area (Å²) in [6.07, 6.45) is 7.52. The van der Waals surface area contributed by atoms with Crippen molar-refractivity contribution in [3.05, 3.63) is 71.8 Å². The summed E-state index contributed by atoms with van der Waals surface area (Å²) in [6.45, 7) is 9.86. The molecule has 0 saturated carbocycles. The smallest absolute Gasteiger partial charge is 0.410 e. The Balaban J connectivity index is 1.36. The summed E-state index contributed by atoms with van der Waals surface area (Å²) in [4.78, 5) is 40.0. The summed E-state index contributed by atoms with van der Waals surface area (Å²) in [6, 6.07) is 7.80. The Kier molecular flexibility index (Phi) is 12.2. The number of hydrogen-bond acceptors (Lipinski definition) is 11. The maximum atomic E-state index is 13.1. The zero-order valence-corrected chi connectivity index (χ0v) is 34.7. The van der Waals surface area contributed by atoms with Crippen molar-refractivity contribution in [2.75, 3.05) is 47.8 Å². The van der Waals surface area contributed by atoms with Crippen molar-refractivity contribution in [1.82, 2.24) is 41.2 Å². The number of ether oxygens (including phenoxy) is 1. The van der Waals surface area contributed by atoms with Gasteiger partial charge in [0.2, 0.25) is 0 Å². The third-order valence-electron chi connectivity index (χ3n) is 10.6. The first-order valence-electron chi connectivity index (χ1n) is 18.3. The van der Waals surface area contributed by atoms with Gasteiger partial charge in [-0.15, -0.1) is 0 Å². The maximum absolute atomic E-state index is 13.1. The number of nitrogens with zero attached hydrogens (tertiary/aromatic N) is 9. The fourth-order valence-corrected chi connectivity index (χ4v) is 9.38. The number of carboxylic acid groups (broad SMARTS) is 1. The Labute approximate surface area is 324 Å². The molecule has 3 aromatic rings. The SMILES string of the molecule is CC[C@]1(C(=O)O)CC2(CCN(C(=O)OC(C)(C)C)CC2)CN1Cc1ccc(CN(Cc2nccn2S(=O)(=O)N(C)C)Cc2nccn2S(=O)(=O)N(C)C)cc1. The average Bonchev–Trinajstić information content (AvgIpc) is 3.84. The first-order valence-corrected chi connectivity index (χ1v) is 21.1. The number of carbonyl (C=O) groups excluding carboxylic acids is 1. The number of hydrogen-bond donors (Lipinski definition) is 1. The Hall–Kier alpha value is -3.88. The number of carbonyl (C=O) groups is 2. The molecule has 0 radical (unpaired) electrons. The highest BCUT2D eigenvalue weighted by Crippen LogP contribution is 2.50. The molecule has 55 heavy (non-hydrogen) atoms. The number of carboxylic acids is 1. The summed E-state index contributed by atoms with van der Waals surface area (Å²) in [5.74, 6) is -0.371. The lowest BCUT2D eigenvalue weighted by atomic mass is 9.73. The topological polar surface area (TPSA) is 184 Å². The van der Waals surface area contributed by atoms with Crippen molar-refractivity contribution in [3.63, 3.8) is 0 Å². The second-order valence-electron chi connectivity index (χ2n) is 16.0. The van der Waals surface area contributed by atoms with Crippen LogP contribution in [0.5, 0.6) is 0 Å². The zero-order chi connectivity index (χ0) is 40.6. The van der Waals surface area contributed by atoms with E-state index in [1.54, 1.807) is 4.90 Å². The van der Waals surface area contributed by atoms with Crippen molar-refractivity contribution in [3.8, 4) is 0 Å². The Morgan fingerprint density at radius 1 is 0.836 bits per heavy atom. The van der Waals surface area contributed by atoms with Crippen LogP contribution in [-0.4, -0.2) is 134 Å². The molecule has 19 heteroatoms. The van der Waals surface area contributed by atoms with E-state index in [9.17, 15) is 31.5 Å². The van der Waals surface area contributed by atoms with Gasteiger partial charge in [-0.1, -0.05) is 31.2 Å². The van der Waals surface area contributed by atoms with Crippen molar-refractivity contribution in [2.45, 2.75) is 90.7 Å². The largest absolute Gasteiger partial charge is 0.480 e. The van der Waals surface area contributed by atoms with Crippen molar-refractivity contribution in [1.29, 1.82) is 0 Å². The highest BCUT2D eigenvalue weighted by molar-refractivity contribution is 7.87. The van der Waals surface area contributed by atoms with Crippen molar-refractivity contribution >= 4 is 32.5 Å². The number of likely N-dealkylation sites (tertiary alicyclic amines) is 2. The van der Waals surface area contributed by atoms with Crippen LogP contribution in [0.4, 0.5) is 4.79 Å². The van der Waals surface area contributed by atoms with E-state index in [1.807, 2.05) is 56.9 Å². The fraction of sp³-hybridized carbons (Fsp3) is 0.611. The number of aromatic nitrogens is 4. The van der Waals surface area contributed by atoms with Crippen LogP contribution in [-0.2, 0) is 56.1 Å². The monoisotopic (exact) mass is 805 g/mol. The molecule has 0 aliphatic carbocycles. The van der Waals surface area contributed by atoms with Crippen LogP contribution < -0.4 is 0 Å². The van der Waals surface area contributed by atoms with Gasteiger partial charge in [0.05, 0.1) is 13.1 Å². The third kappa shape index (κ3) is 9.07. The highest BCUT2D eigenvalue weighted by Gasteiger charge is 2.57. The Morgan fingerprint density at radius 2 is 1.33 bits per heavy atom. The molecule has 2 aliphatic rings. The predicted molar refractivity (Wildman–Crippen MR) is 205 cm³/mol. The van der Waals surface area contributed by atoms with Crippen LogP contribution in [0.2, 0.25) is 0 Å². The lowest BCUT2D eigenvalue weighted by Gasteiger charge is -2.39.